The highest BCUT2D eigenvalue weighted by Gasteiger charge is 2.22. The van der Waals surface area contributed by atoms with E-state index in [4.69, 9.17) is 5.73 Å². The molecule has 0 aliphatic rings. The van der Waals surface area contributed by atoms with Crippen LogP contribution in [-0.2, 0) is 0 Å². The first kappa shape index (κ1) is 31.9. The zero-order valence-corrected chi connectivity index (χ0v) is 22.5. The normalized spacial score (nSPS) is 13.5. The molecule has 0 spiro atoms. The molecular weight excluding hydrogens is 393 g/mol. The fourth-order valence-electron chi connectivity index (χ4n) is 4.82. The maximum Gasteiger partial charge on any atom is 0.159 e. The first-order valence-corrected chi connectivity index (χ1v) is 15.1. The van der Waals surface area contributed by atoms with E-state index in [0.717, 1.165) is 25.7 Å². The molecule has 0 rings (SSSR count). The smallest absolute Gasteiger partial charge is 0.159 e. The van der Waals surface area contributed by atoms with E-state index in [1.54, 1.807) is 0 Å². The third-order valence-electron chi connectivity index (χ3n) is 7.14. The molecule has 0 amide bonds. The second-order valence-electron chi connectivity index (χ2n) is 10.7. The number of hydrogen-bond acceptors (Lipinski definition) is 1. The molecule has 0 radical (unpaired) electrons. The van der Waals surface area contributed by atoms with Crippen molar-refractivity contribution >= 4 is 0 Å². The summed E-state index contributed by atoms with van der Waals surface area (Å²) in [6.45, 7) is 4.55. The maximum atomic E-state index is 14.5. The van der Waals surface area contributed by atoms with Crippen molar-refractivity contribution in [3.63, 3.8) is 0 Å². The van der Waals surface area contributed by atoms with E-state index in [1.165, 1.54) is 135 Å². The van der Waals surface area contributed by atoms with Gasteiger partial charge in [-0.1, -0.05) is 162 Å². The van der Waals surface area contributed by atoms with Crippen molar-refractivity contribution in [3.05, 3.63) is 0 Å². The minimum absolute atomic E-state index is 0.557. The predicted molar refractivity (Wildman–Crippen MR) is 144 cm³/mol. The van der Waals surface area contributed by atoms with Gasteiger partial charge in [0.2, 0.25) is 0 Å². The van der Waals surface area contributed by atoms with E-state index in [1.807, 2.05) is 0 Å². The topological polar surface area (TPSA) is 26.0 Å². The Kier molecular flexibility index (Phi) is 25.4. The first-order valence-electron chi connectivity index (χ1n) is 15.1. The van der Waals surface area contributed by atoms with Gasteiger partial charge in [-0.3, -0.25) is 5.73 Å². The number of nitrogens with two attached hydrogens (primary N) is 1. The van der Waals surface area contributed by atoms with Crippen molar-refractivity contribution in [1.82, 2.24) is 0 Å². The van der Waals surface area contributed by atoms with Crippen molar-refractivity contribution in [2.75, 3.05) is 0 Å². The van der Waals surface area contributed by atoms with Gasteiger partial charge in [0.05, 0.1) is 0 Å². The lowest BCUT2D eigenvalue weighted by atomic mass is 9.98. The van der Waals surface area contributed by atoms with Crippen molar-refractivity contribution in [2.45, 2.75) is 193 Å². The number of hydrogen-bond donors (Lipinski definition) is 1. The highest BCUT2D eigenvalue weighted by atomic mass is 19.1. The van der Waals surface area contributed by atoms with Gasteiger partial charge in [0.1, 0.15) is 0 Å². The third-order valence-corrected chi connectivity index (χ3v) is 7.14. The third kappa shape index (κ3) is 26.1. The minimum atomic E-state index is -1.42. The summed E-state index contributed by atoms with van der Waals surface area (Å²) in [5.74, 6) is -1.42. The van der Waals surface area contributed by atoms with Gasteiger partial charge in [-0.05, 0) is 25.7 Å². The van der Waals surface area contributed by atoms with Crippen LogP contribution in [0.4, 0.5) is 4.39 Å². The Labute approximate surface area is 203 Å². The summed E-state index contributed by atoms with van der Waals surface area (Å²) in [6, 6.07) is 0. The molecule has 0 aliphatic carbocycles. The van der Waals surface area contributed by atoms with Crippen molar-refractivity contribution < 1.29 is 4.39 Å². The predicted octanol–water partition coefficient (Wildman–Crippen LogP) is 11.2. The van der Waals surface area contributed by atoms with Crippen LogP contribution in [0.2, 0.25) is 0 Å². The fraction of sp³-hybridized carbons (Fsp3) is 1.00. The summed E-state index contributed by atoms with van der Waals surface area (Å²) in [6.07, 6.45) is 34.3. The Hall–Kier alpha value is -0.110. The standard InChI is InChI=1S/C30H62FN/c1-3-5-7-9-11-13-14-15-16-17-18-19-21-23-25-27-29-30(31,32)28-26-24-22-20-12-10-8-6-4-2/h3-29,32H2,1-2H3. The van der Waals surface area contributed by atoms with Crippen molar-refractivity contribution in [1.29, 1.82) is 0 Å². The van der Waals surface area contributed by atoms with Crippen LogP contribution in [0.1, 0.15) is 187 Å². The number of halogens is 1. The van der Waals surface area contributed by atoms with Gasteiger partial charge < -0.3 is 0 Å². The average molecular weight is 456 g/mol. The molecule has 0 aromatic heterocycles. The second kappa shape index (κ2) is 25.5. The molecule has 0 saturated carbocycles. The Morgan fingerprint density at radius 1 is 0.375 bits per heavy atom. The number of alkyl halides is 1. The van der Waals surface area contributed by atoms with E-state index in [-0.39, 0.29) is 0 Å². The largest absolute Gasteiger partial charge is 0.299 e. The maximum absolute atomic E-state index is 14.5. The summed E-state index contributed by atoms with van der Waals surface area (Å²) in [4.78, 5) is 0. The molecule has 0 aromatic rings. The number of unbranched alkanes of at least 4 members (excludes halogenated alkanes) is 23. The molecule has 0 bridgehead atoms. The van der Waals surface area contributed by atoms with E-state index in [0.29, 0.717) is 12.8 Å². The summed E-state index contributed by atoms with van der Waals surface area (Å²) >= 11 is 0. The van der Waals surface area contributed by atoms with Crippen LogP contribution < -0.4 is 5.73 Å². The van der Waals surface area contributed by atoms with E-state index in [9.17, 15) is 4.39 Å². The zero-order valence-electron chi connectivity index (χ0n) is 22.5. The highest BCUT2D eigenvalue weighted by molar-refractivity contribution is 4.71. The van der Waals surface area contributed by atoms with E-state index >= 15 is 0 Å². The molecule has 1 unspecified atom stereocenters. The van der Waals surface area contributed by atoms with Crippen molar-refractivity contribution in [2.24, 2.45) is 5.73 Å². The molecule has 1 atom stereocenters. The summed E-state index contributed by atoms with van der Waals surface area (Å²) < 4.78 is 14.5. The molecule has 32 heavy (non-hydrogen) atoms. The van der Waals surface area contributed by atoms with E-state index in [2.05, 4.69) is 13.8 Å². The van der Waals surface area contributed by atoms with Gasteiger partial charge in [-0.25, -0.2) is 4.39 Å². The molecule has 0 fully saturated rings. The van der Waals surface area contributed by atoms with Crippen LogP contribution >= 0.6 is 0 Å². The summed E-state index contributed by atoms with van der Waals surface area (Å²) in [5.41, 5.74) is 5.91. The Morgan fingerprint density at radius 3 is 0.781 bits per heavy atom. The SMILES string of the molecule is CCCCCCCCCCCCCCCCCCC(N)(F)CCCCCCCCCCC. The lowest BCUT2D eigenvalue weighted by Gasteiger charge is -2.20. The molecular formula is C30H62FN. The van der Waals surface area contributed by atoms with Crippen LogP contribution in [-0.4, -0.2) is 5.79 Å². The summed E-state index contributed by atoms with van der Waals surface area (Å²) in [7, 11) is 0. The summed E-state index contributed by atoms with van der Waals surface area (Å²) in [5, 5.41) is 0. The monoisotopic (exact) mass is 455 g/mol. The van der Waals surface area contributed by atoms with Crippen LogP contribution in [0.25, 0.3) is 0 Å². The molecule has 1 nitrogen and oxygen atoms in total. The average Bonchev–Trinajstić information content (AvgIpc) is 2.77. The van der Waals surface area contributed by atoms with Gasteiger partial charge in [-0.2, -0.15) is 0 Å². The van der Waals surface area contributed by atoms with Crippen LogP contribution in [0.3, 0.4) is 0 Å². The van der Waals surface area contributed by atoms with E-state index < -0.39 is 5.79 Å². The van der Waals surface area contributed by atoms with Gasteiger partial charge >= 0.3 is 0 Å². The van der Waals surface area contributed by atoms with Crippen LogP contribution in [0.15, 0.2) is 0 Å². The quantitative estimate of drug-likeness (QED) is 0.0966. The molecule has 0 aromatic carbocycles. The lowest BCUT2D eigenvalue weighted by Crippen LogP contribution is -2.34. The zero-order chi connectivity index (χ0) is 23.6. The molecule has 2 heteroatoms. The molecule has 0 heterocycles. The molecule has 2 N–H and O–H groups in total. The van der Waals surface area contributed by atoms with Crippen LogP contribution in [0.5, 0.6) is 0 Å². The second-order valence-corrected chi connectivity index (χ2v) is 10.7. The lowest BCUT2D eigenvalue weighted by molar-refractivity contribution is 0.136. The Bertz CT molecular complexity index is 342. The van der Waals surface area contributed by atoms with Crippen molar-refractivity contribution in [3.8, 4) is 0 Å². The Balaban J connectivity index is 3.26. The Morgan fingerprint density at radius 2 is 0.562 bits per heavy atom. The fourth-order valence-corrected chi connectivity index (χ4v) is 4.82. The molecule has 0 saturated heterocycles. The highest BCUT2D eigenvalue weighted by Crippen LogP contribution is 2.22. The number of rotatable bonds is 27. The van der Waals surface area contributed by atoms with Crippen LogP contribution in [0, 0.1) is 0 Å². The van der Waals surface area contributed by atoms with Gasteiger partial charge in [0, 0.05) is 0 Å². The first-order chi connectivity index (χ1) is 15.6. The van der Waals surface area contributed by atoms with Gasteiger partial charge in [0.15, 0.2) is 5.79 Å². The molecule has 0 aliphatic heterocycles. The van der Waals surface area contributed by atoms with Gasteiger partial charge in [-0.15, -0.1) is 0 Å². The minimum Gasteiger partial charge on any atom is -0.299 e. The van der Waals surface area contributed by atoms with Gasteiger partial charge in [0.25, 0.3) is 0 Å². The molecule has 194 valence electrons.